The van der Waals surface area contributed by atoms with Gasteiger partial charge in [0.25, 0.3) is 0 Å². The van der Waals surface area contributed by atoms with Crippen LogP contribution in [-0.2, 0) is 4.74 Å². The van der Waals surface area contributed by atoms with Crippen molar-refractivity contribution in [2.24, 2.45) is 0 Å². The minimum Gasteiger partial charge on any atom is -0.464 e. The summed E-state index contributed by atoms with van der Waals surface area (Å²) in [6, 6.07) is 0. The number of imidazole rings is 1. The van der Waals surface area contributed by atoms with Gasteiger partial charge in [-0.1, -0.05) is 0 Å². The fraction of sp³-hybridized carbons (Fsp3) is 0.222. The first-order chi connectivity index (χ1) is 6.72. The number of aryl methyl sites for hydroxylation is 1. The molecule has 0 bridgehead atoms. The molecule has 0 saturated carbocycles. The van der Waals surface area contributed by atoms with Crippen molar-refractivity contribution in [3.05, 3.63) is 30.0 Å². The predicted molar refractivity (Wildman–Crippen MR) is 49.1 cm³/mol. The van der Waals surface area contributed by atoms with Gasteiger partial charge in [0, 0.05) is 18.6 Å². The first-order valence-corrected chi connectivity index (χ1v) is 4.11. The molecule has 0 radical (unpaired) electrons. The molecule has 2 aromatic heterocycles. The average Bonchev–Trinajstić information content (AvgIpc) is 2.56. The summed E-state index contributed by atoms with van der Waals surface area (Å²) in [7, 11) is 1.32. The number of nitrogens with zero attached hydrogens (tertiary/aromatic N) is 3. The third-order valence-corrected chi connectivity index (χ3v) is 1.87. The van der Waals surface area contributed by atoms with Crippen LogP contribution in [0, 0.1) is 6.92 Å². The summed E-state index contributed by atoms with van der Waals surface area (Å²) < 4.78 is 6.34. The van der Waals surface area contributed by atoms with Crippen LogP contribution in [0.25, 0.3) is 5.65 Å². The predicted octanol–water partition coefficient (Wildman–Crippen LogP) is 0.824. The molecule has 0 atom stereocenters. The first-order valence-electron chi connectivity index (χ1n) is 4.11. The van der Waals surface area contributed by atoms with E-state index in [0.29, 0.717) is 5.65 Å². The van der Waals surface area contributed by atoms with Crippen LogP contribution < -0.4 is 0 Å². The molecule has 5 heteroatoms. The zero-order chi connectivity index (χ0) is 10.1. The molecule has 72 valence electrons. The SMILES string of the molecule is COC(=O)c1nccn2cc(C)nc12. The number of hydrogen-bond donors (Lipinski definition) is 0. The summed E-state index contributed by atoms with van der Waals surface area (Å²) in [6.07, 6.45) is 5.10. The smallest absolute Gasteiger partial charge is 0.360 e. The van der Waals surface area contributed by atoms with Crippen molar-refractivity contribution < 1.29 is 9.53 Å². The van der Waals surface area contributed by atoms with E-state index >= 15 is 0 Å². The van der Waals surface area contributed by atoms with Crippen molar-refractivity contribution in [3.8, 4) is 0 Å². The second-order valence-corrected chi connectivity index (χ2v) is 2.88. The Bertz CT molecular complexity index is 490. The molecule has 0 fully saturated rings. The van der Waals surface area contributed by atoms with Crippen LogP contribution in [0.3, 0.4) is 0 Å². The Kier molecular flexibility index (Phi) is 1.92. The molecule has 0 aliphatic rings. The van der Waals surface area contributed by atoms with Crippen LogP contribution in [0.2, 0.25) is 0 Å². The Morgan fingerprint density at radius 2 is 2.36 bits per heavy atom. The second kappa shape index (κ2) is 3.10. The van der Waals surface area contributed by atoms with E-state index < -0.39 is 5.97 Å². The van der Waals surface area contributed by atoms with Gasteiger partial charge in [0.15, 0.2) is 11.3 Å². The molecule has 0 spiro atoms. The number of esters is 1. The lowest BCUT2D eigenvalue weighted by atomic mass is 10.4. The van der Waals surface area contributed by atoms with E-state index in [0.717, 1.165) is 5.69 Å². The molecule has 0 aromatic carbocycles. The number of carbonyl (C=O) groups excluding carboxylic acids is 1. The number of fused-ring (bicyclic) bond motifs is 1. The number of carbonyl (C=O) groups is 1. The Morgan fingerprint density at radius 3 is 3.07 bits per heavy atom. The summed E-state index contributed by atoms with van der Waals surface area (Å²) in [4.78, 5) is 19.4. The topological polar surface area (TPSA) is 56.5 Å². The molecule has 5 nitrogen and oxygen atoms in total. The van der Waals surface area contributed by atoms with Crippen LogP contribution in [0.15, 0.2) is 18.6 Å². The molecular weight excluding hydrogens is 182 g/mol. The van der Waals surface area contributed by atoms with E-state index in [2.05, 4.69) is 14.7 Å². The molecule has 0 amide bonds. The molecule has 2 heterocycles. The van der Waals surface area contributed by atoms with E-state index in [1.807, 2.05) is 13.1 Å². The molecular formula is C9H9N3O2. The molecule has 0 aliphatic carbocycles. The Labute approximate surface area is 80.4 Å². The van der Waals surface area contributed by atoms with E-state index in [1.54, 1.807) is 16.8 Å². The third kappa shape index (κ3) is 1.22. The lowest BCUT2D eigenvalue weighted by molar-refractivity contribution is 0.0595. The highest BCUT2D eigenvalue weighted by Gasteiger charge is 2.13. The molecule has 0 saturated heterocycles. The maximum atomic E-state index is 11.3. The number of methoxy groups -OCH3 is 1. The number of ether oxygens (including phenoxy) is 1. The summed E-state index contributed by atoms with van der Waals surface area (Å²) in [6.45, 7) is 1.86. The van der Waals surface area contributed by atoms with Crippen LogP contribution in [-0.4, -0.2) is 27.4 Å². The summed E-state index contributed by atoms with van der Waals surface area (Å²) in [5.74, 6) is -0.471. The Morgan fingerprint density at radius 1 is 1.57 bits per heavy atom. The highest BCUT2D eigenvalue weighted by Crippen LogP contribution is 2.08. The van der Waals surface area contributed by atoms with Gasteiger partial charge in [0.05, 0.1) is 12.8 Å². The maximum Gasteiger partial charge on any atom is 0.360 e. The third-order valence-electron chi connectivity index (χ3n) is 1.87. The summed E-state index contributed by atoms with van der Waals surface area (Å²) >= 11 is 0. The molecule has 14 heavy (non-hydrogen) atoms. The minimum atomic E-state index is -0.471. The zero-order valence-corrected chi connectivity index (χ0v) is 7.89. The fourth-order valence-electron chi connectivity index (χ4n) is 1.28. The molecule has 2 aromatic rings. The highest BCUT2D eigenvalue weighted by molar-refractivity contribution is 5.93. The maximum absolute atomic E-state index is 11.3. The van der Waals surface area contributed by atoms with E-state index in [-0.39, 0.29) is 5.69 Å². The quantitative estimate of drug-likeness (QED) is 0.626. The number of hydrogen-bond acceptors (Lipinski definition) is 4. The van der Waals surface area contributed by atoms with Gasteiger partial charge in [-0.05, 0) is 6.92 Å². The summed E-state index contributed by atoms with van der Waals surface area (Å²) in [5, 5.41) is 0. The number of rotatable bonds is 1. The fourth-order valence-corrected chi connectivity index (χ4v) is 1.28. The molecule has 2 rings (SSSR count). The lowest BCUT2D eigenvalue weighted by Gasteiger charge is -1.99. The molecule has 0 aliphatic heterocycles. The van der Waals surface area contributed by atoms with Crippen molar-refractivity contribution in [1.29, 1.82) is 0 Å². The van der Waals surface area contributed by atoms with E-state index in [4.69, 9.17) is 0 Å². The Balaban J connectivity index is 2.70. The van der Waals surface area contributed by atoms with Crippen LogP contribution >= 0.6 is 0 Å². The summed E-state index contributed by atoms with van der Waals surface area (Å²) in [5.41, 5.74) is 1.60. The van der Waals surface area contributed by atoms with Crippen molar-refractivity contribution >= 4 is 11.6 Å². The monoisotopic (exact) mass is 191 g/mol. The van der Waals surface area contributed by atoms with Gasteiger partial charge in [0.1, 0.15) is 0 Å². The van der Waals surface area contributed by atoms with Gasteiger partial charge >= 0.3 is 5.97 Å². The normalized spacial score (nSPS) is 10.4. The van der Waals surface area contributed by atoms with Gasteiger partial charge in [-0.15, -0.1) is 0 Å². The minimum absolute atomic E-state index is 0.239. The lowest BCUT2D eigenvalue weighted by Crippen LogP contribution is -2.06. The van der Waals surface area contributed by atoms with Crippen molar-refractivity contribution in [2.75, 3.05) is 7.11 Å². The van der Waals surface area contributed by atoms with Gasteiger partial charge in [-0.2, -0.15) is 0 Å². The van der Waals surface area contributed by atoms with Crippen LogP contribution in [0.5, 0.6) is 0 Å². The van der Waals surface area contributed by atoms with Crippen molar-refractivity contribution in [2.45, 2.75) is 6.92 Å². The average molecular weight is 191 g/mol. The van der Waals surface area contributed by atoms with Crippen molar-refractivity contribution in [3.63, 3.8) is 0 Å². The standard InChI is InChI=1S/C9H9N3O2/c1-6-5-12-4-3-10-7(8(12)11-6)9(13)14-2/h3-5H,1-2H3. The number of aromatic nitrogens is 3. The molecule has 0 N–H and O–H groups in total. The van der Waals surface area contributed by atoms with E-state index in [1.165, 1.54) is 7.11 Å². The van der Waals surface area contributed by atoms with Gasteiger partial charge in [-0.25, -0.2) is 14.8 Å². The van der Waals surface area contributed by atoms with Gasteiger partial charge < -0.3 is 9.14 Å². The van der Waals surface area contributed by atoms with Gasteiger partial charge in [0.2, 0.25) is 0 Å². The molecule has 0 unspecified atom stereocenters. The Hall–Kier alpha value is -1.91. The second-order valence-electron chi connectivity index (χ2n) is 2.88. The first kappa shape index (κ1) is 8.68. The van der Waals surface area contributed by atoms with Gasteiger partial charge in [-0.3, -0.25) is 0 Å². The van der Waals surface area contributed by atoms with E-state index in [9.17, 15) is 4.79 Å². The van der Waals surface area contributed by atoms with Crippen LogP contribution in [0.4, 0.5) is 0 Å². The zero-order valence-electron chi connectivity index (χ0n) is 7.89. The largest absolute Gasteiger partial charge is 0.464 e. The van der Waals surface area contributed by atoms with Crippen LogP contribution in [0.1, 0.15) is 16.2 Å². The van der Waals surface area contributed by atoms with Crippen molar-refractivity contribution in [1.82, 2.24) is 14.4 Å². The highest BCUT2D eigenvalue weighted by atomic mass is 16.5.